The molecule has 7 N–H and O–H groups in total. The molecule has 0 saturated heterocycles. The van der Waals surface area contributed by atoms with Crippen LogP contribution in [0.1, 0.15) is 13.2 Å². The zero-order chi connectivity index (χ0) is 25.8. The normalized spacial score (nSPS) is 19.6. The Labute approximate surface area is 183 Å². The second-order valence-electron chi connectivity index (χ2n) is 5.85. The maximum atomic E-state index is 13.1. The summed E-state index contributed by atoms with van der Waals surface area (Å²) in [7, 11) is -17.5. The highest BCUT2D eigenvalue weighted by molar-refractivity contribution is 7.66. The van der Waals surface area contributed by atoms with E-state index in [1.165, 1.54) is 0 Å². The molecule has 1 rings (SSSR count). The summed E-state index contributed by atoms with van der Waals surface area (Å²) in [5, 5.41) is 9.76. The Morgan fingerprint density at radius 2 is 1.76 bits per heavy atom. The quantitative estimate of drug-likeness (QED) is 0.146. The van der Waals surface area contributed by atoms with Crippen molar-refractivity contribution in [1.29, 1.82) is 0 Å². The topological polar surface area (TPSA) is 250 Å². The number of ether oxygens (including phenoxy) is 1. The van der Waals surface area contributed by atoms with Crippen molar-refractivity contribution in [2.45, 2.75) is 37.9 Å². The first-order chi connectivity index (χ1) is 14.9. The molecule has 188 valence electrons. The first-order valence-corrected chi connectivity index (χ1v) is 12.6. The molecule has 33 heavy (non-hydrogen) atoms. The molecule has 21 heteroatoms. The van der Waals surface area contributed by atoms with E-state index in [2.05, 4.69) is 18.1 Å². The molecule has 0 saturated carbocycles. The first-order valence-electron chi connectivity index (χ1n) is 8.12. The van der Waals surface area contributed by atoms with Crippen molar-refractivity contribution < 1.29 is 65.0 Å². The molecule has 0 fully saturated rings. The third kappa shape index (κ3) is 9.67. The fourth-order valence-electron chi connectivity index (χ4n) is 2.10. The molecule has 1 heterocycles. The van der Waals surface area contributed by atoms with Gasteiger partial charge in [-0.15, -0.1) is 6.42 Å². The highest BCUT2D eigenvalue weighted by Gasteiger charge is 2.45. The molecule has 0 amide bonds. The molecule has 1 aromatic rings. The molecule has 0 aliphatic rings. The Balaban J connectivity index is 3.19. The fraction of sp³-hybridized carbons (Fsp3) is 0.500. The number of alkyl halides is 2. The van der Waals surface area contributed by atoms with Crippen molar-refractivity contribution in [2.24, 2.45) is 0 Å². The van der Waals surface area contributed by atoms with E-state index in [0.29, 0.717) is 4.57 Å². The predicted molar refractivity (Wildman–Crippen MR) is 102 cm³/mol. The number of hydrogen-bond donors (Lipinski definition) is 6. The van der Waals surface area contributed by atoms with Crippen LogP contribution in [0.3, 0.4) is 0 Å². The van der Waals surface area contributed by atoms with Gasteiger partial charge in [0.1, 0.15) is 24.3 Å². The predicted octanol–water partition coefficient (Wildman–Crippen LogP) is -0.300. The monoisotopic (exact) mass is 543 g/mol. The maximum absolute atomic E-state index is 13.1. The minimum Gasteiger partial charge on any atom is -0.384 e. The van der Waals surface area contributed by atoms with Crippen LogP contribution in [0, 0.1) is 12.3 Å². The van der Waals surface area contributed by atoms with Crippen LogP contribution in [0.2, 0.25) is 0 Å². The van der Waals surface area contributed by atoms with Crippen LogP contribution in [-0.2, 0) is 31.6 Å². The summed E-state index contributed by atoms with van der Waals surface area (Å²) in [5.41, 5.74) is 4.30. The van der Waals surface area contributed by atoms with Gasteiger partial charge in [-0.2, -0.15) is 13.6 Å². The van der Waals surface area contributed by atoms with Gasteiger partial charge in [0.15, 0.2) is 6.10 Å². The summed E-state index contributed by atoms with van der Waals surface area (Å²) in [6, 6.07) is 1.13. The van der Waals surface area contributed by atoms with Gasteiger partial charge >= 0.3 is 29.2 Å². The standard InChI is InChI=1S/C12H18F2N3O13P3/c1-3-7(28-32(23,24)30-33(25,26)29-31(20,21)22)10(9(18)11(13)14)27-6(2)17-5-4-8(15)16-12(17)19/h1,4-7,9-11,18H,2H3,(H,23,24)(H,25,26)(H2,15,16,19)(H2,20,21,22)/t6?,7-,9?,10?/m0/s1. The molecule has 0 aromatic carbocycles. The number of aliphatic hydroxyl groups excluding tert-OH is 1. The Bertz CT molecular complexity index is 1070. The highest BCUT2D eigenvalue weighted by atomic mass is 31.3. The molecule has 16 nitrogen and oxygen atoms in total. The van der Waals surface area contributed by atoms with Crippen LogP contribution in [0.15, 0.2) is 17.1 Å². The number of nitrogen functional groups attached to an aromatic ring is 1. The van der Waals surface area contributed by atoms with Crippen LogP contribution < -0.4 is 11.4 Å². The van der Waals surface area contributed by atoms with Crippen molar-refractivity contribution in [3.8, 4) is 12.3 Å². The average Bonchev–Trinajstić information content (AvgIpc) is 2.60. The van der Waals surface area contributed by atoms with E-state index in [0.717, 1.165) is 19.2 Å². The summed E-state index contributed by atoms with van der Waals surface area (Å²) >= 11 is 0. The van der Waals surface area contributed by atoms with Crippen LogP contribution in [0.25, 0.3) is 0 Å². The molecule has 0 aliphatic heterocycles. The highest BCUT2D eigenvalue weighted by Crippen LogP contribution is 2.66. The third-order valence-electron chi connectivity index (χ3n) is 3.32. The number of aromatic nitrogens is 2. The van der Waals surface area contributed by atoms with Gasteiger partial charge in [0.2, 0.25) is 0 Å². The van der Waals surface area contributed by atoms with Crippen LogP contribution in [0.5, 0.6) is 0 Å². The number of anilines is 1. The van der Waals surface area contributed by atoms with Crippen LogP contribution >= 0.6 is 23.5 Å². The lowest BCUT2D eigenvalue weighted by atomic mass is 10.1. The lowest BCUT2D eigenvalue weighted by Gasteiger charge is -2.31. The second-order valence-corrected chi connectivity index (χ2v) is 10.2. The largest absolute Gasteiger partial charge is 0.490 e. The molecule has 6 atom stereocenters. The molecule has 1 aromatic heterocycles. The second kappa shape index (κ2) is 11.2. The zero-order valence-electron chi connectivity index (χ0n) is 16.2. The number of aliphatic hydroxyl groups is 1. The smallest absolute Gasteiger partial charge is 0.384 e. The number of nitrogens with zero attached hydrogens (tertiary/aromatic N) is 2. The van der Waals surface area contributed by atoms with E-state index < -0.39 is 60.1 Å². The Morgan fingerprint density at radius 3 is 2.21 bits per heavy atom. The van der Waals surface area contributed by atoms with Crippen molar-refractivity contribution >= 4 is 29.3 Å². The number of terminal acetylenes is 1. The Hall–Kier alpha value is -1.57. The fourth-order valence-corrected chi connectivity index (χ4v) is 5.23. The third-order valence-corrected chi connectivity index (χ3v) is 7.14. The van der Waals surface area contributed by atoms with Gasteiger partial charge in [-0.05, 0) is 13.0 Å². The van der Waals surface area contributed by atoms with E-state index >= 15 is 0 Å². The number of halogens is 2. The molecule has 0 spiro atoms. The van der Waals surface area contributed by atoms with Gasteiger partial charge in [-0.1, -0.05) is 5.92 Å². The summed E-state index contributed by atoms with van der Waals surface area (Å²) in [4.78, 5) is 51.0. The minimum atomic E-state index is -5.95. The molecule has 0 bridgehead atoms. The summed E-state index contributed by atoms with van der Waals surface area (Å²) in [6.45, 7) is 1.10. The molecule has 0 radical (unpaired) electrons. The molecule has 0 aliphatic carbocycles. The van der Waals surface area contributed by atoms with Gasteiger partial charge in [0, 0.05) is 6.20 Å². The summed E-state index contributed by atoms with van der Waals surface area (Å²) in [6.07, 6.45) is -6.59. The zero-order valence-corrected chi connectivity index (χ0v) is 18.9. The number of nitrogens with two attached hydrogens (primary N) is 1. The first kappa shape index (κ1) is 29.5. The Morgan fingerprint density at radius 1 is 1.18 bits per heavy atom. The SMILES string of the molecule is C#C[C@H](OP(=O)(O)OP(=O)(O)OP(=O)(O)O)C(OC(C)n1ccc(N)nc1=O)C(O)C(F)F. The van der Waals surface area contributed by atoms with Crippen molar-refractivity contribution in [1.82, 2.24) is 9.55 Å². The van der Waals surface area contributed by atoms with Crippen LogP contribution in [-0.4, -0.2) is 59.0 Å². The van der Waals surface area contributed by atoms with Gasteiger partial charge < -0.3 is 35.2 Å². The van der Waals surface area contributed by atoms with Crippen molar-refractivity contribution in [3.05, 3.63) is 22.7 Å². The summed E-state index contributed by atoms with van der Waals surface area (Å²) < 4.78 is 77.4. The molecular formula is C12H18F2N3O13P3. The molecular weight excluding hydrogens is 525 g/mol. The van der Waals surface area contributed by atoms with Gasteiger partial charge in [-0.3, -0.25) is 9.09 Å². The number of phosphoric acid groups is 3. The Kier molecular flexibility index (Phi) is 10.0. The average molecular weight is 543 g/mol. The number of hydrogen-bond acceptors (Lipinski definition) is 11. The van der Waals surface area contributed by atoms with Crippen molar-refractivity contribution in [3.63, 3.8) is 0 Å². The van der Waals surface area contributed by atoms with Crippen LogP contribution in [0.4, 0.5) is 14.6 Å². The van der Waals surface area contributed by atoms with E-state index in [-0.39, 0.29) is 5.82 Å². The lowest BCUT2D eigenvalue weighted by Crippen LogP contribution is -2.45. The van der Waals surface area contributed by atoms with Gasteiger partial charge in [0.05, 0.1) is 0 Å². The van der Waals surface area contributed by atoms with E-state index in [9.17, 15) is 37.3 Å². The van der Waals surface area contributed by atoms with Gasteiger partial charge in [-0.25, -0.2) is 27.3 Å². The van der Waals surface area contributed by atoms with Gasteiger partial charge in [0.25, 0.3) is 6.43 Å². The van der Waals surface area contributed by atoms with Crippen molar-refractivity contribution in [2.75, 3.05) is 5.73 Å². The van der Waals surface area contributed by atoms with E-state index in [1.807, 2.05) is 0 Å². The maximum Gasteiger partial charge on any atom is 0.490 e. The summed E-state index contributed by atoms with van der Waals surface area (Å²) in [5.74, 6) is 1.37. The van der Waals surface area contributed by atoms with E-state index in [1.54, 1.807) is 5.92 Å². The number of rotatable bonds is 12. The minimum absolute atomic E-state index is 0.193. The number of phosphoric ester groups is 1. The molecule has 5 unspecified atom stereocenters. The lowest BCUT2D eigenvalue weighted by molar-refractivity contribution is -0.163. The van der Waals surface area contributed by atoms with E-state index in [4.69, 9.17) is 31.6 Å².